The Morgan fingerprint density at radius 1 is 1.20 bits per heavy atom. The van der Waals surface area contributed by atoms with Crippen LogP contribution in [0.3, 0.4) is 0 Å². The summed E-state index contributed by atoms with van der Waals surface area (Å²) in [4.78, 5) is 12.3. The van der Waals surface area contributed by atoms with Crippen LogP contribution in [0.15, 0.2) is 30.3 Å². The van der Waals surface area contributed by atoms with E-state index in [0.717, 1.165) is 6.92 Å². The normalized spacial score (nSPS) is 18.7. The van der Waals surface area contributed by atoms with E-state index in [1.165, 1.54) is 24.3 Å². The van der Waals surface area contributed by atoms with Crippen molar-refractivity contribution in [3.05, 3.63) is 52.8 Å². The maximum atomic E-state index is 14.6. The highest BCUT2D eigenvalue weighted by Gasteiger charge is 2.54. The number of carbonyl (C=O) groups is 1. The Balaban J connectivity index is 2.09. The molecule has 11 heteroatoms. The molecule has 164 valence electrons. The van der Waals surface area contributed by atoms with Gasteiger partial charge in [0.25, 0.3) is 11.8 Å². The van der Waals surface area contributed by atoms with E-state index >= 15 is 0 Å². The van der Waals surface area contributed by atoms with Crippen molar-refractivity contribution in [3.63, 3.8) is 0 Å². The molecule has 0 saturated carbocycles. The van der Waals surface area contributed by atoms with Crippen LogP contribution in [0.25, 0.3) is 0 Å². The van der Waals surface area contributed by atoms with Crippen molar-refractivity contribution in [2.45, 2.75) is 56.9 Å². The van der Waals surface area contributed by atoms with Crippen molar-refractivity contribution < 1.29 is 40.3 Å². The van der Waals surface area contributed by atoms with Gasteiger partial charge in [-0.1, -0.05) is 25.1 Å². The summed E-state index contributed by atoms with van der Waals surface area (Å²) in [5.41, 5.74) is -3.41. The van der Waals surface area contributed by atoms with Crippen LogP contribution in [0.4, 0.5) is 30.7 Å². The Hall–Kier alpha value is -2.59. The standard InChI is InChI=1S/C19H17F7N2O2/c1-2-17(20,21)10-28-12-8-9-18(22,23)15(13(12)14(27-28)19(24,25)26)30-16(29)11-6-4-3-5-7-11/h3-7,15H,2,8-10H2,1H3/t15-/m0/s1. The lowest BCUT2D eigenvalue weighted by Gasteiger charge is -2.32. The molecule has 30 heavy (non-hydrogen) atoms. The first-order valence-corrected chi connectivity index (χ1v) is 9.04. The molecule has 4 nitrogen and oxygen atoms in total. The second-order valence-corrected chi connectivity index (χ2v) is 6.99. The molecule has 0 bridgehead atoms. The molecule has 0 saturated heterocycles. The number of nitrogens with zero attached hydrogens (tertiary/aromatic N) is 2. The summed E-state index contributed by atoms with van der Waals surface area (Å²) in [5, 5.41) is 3.18. The van der Waals surface area contributed by atoms with Crippen molar-refractivity contribution in [1.82, 2.24) is 9.78 Å². The van der Waals surface area contributed by atoms with Gasteiger partial charge in [-0.05, 0) is 18.6 Å². The van der Waals surface area contributed by atoms with Crippen LogP contribution in [0.1, 0.15) is 53.2 Å². The van der Waals surface area contributed by atoms with Crippen molar-refractivity contribution in [1.29, 1.82) is 0 Å². The zero-order valence-corrected chi connectivity index (χ0v) is 15.6. The third-order valence-electron chi connectivity index (χ3n) is 4.84. The predicted octanol–water partition coefficient (Wildman–Crippen LogP) is 5.43. The van der Waals surface area contributed by atoms with Crippen LogP contribution in [-0.4, -0.2) is 27.6 Å². The fourth-order valence-electron chi connectivity index (χ4n) is 3.24. The zero-order valence-electron chi connectivity index (χ0n) is 15.6. The fraction of sp³-hybridized carbons (Fsp3) is 0.474. The Bertz CT molecular complexity index is 923. The number of halogens is 7. The molecule has 1 aliphatic carbocycles. The summed E-state index contributed by atoms with van der Waals surface area (Å²) in [5.74, 6) is -8.48. The van der Waals surface area contributed by atoms with E-state index in [9.17, 15) is 35.5 Å². The minimum absolute atomic E-state index is 0.140. The van der Waals surface area contributed by atoms with Crippen molar-refractivity contribution in [3.8, 4) is 0 Å². The van der Waals surface area contributed by atoms with Gasteiger partial charge in [0.05, 0.1) is 11.1 Å². The molecule has 3 rings (SSSR count). The molecule has 2 aromatic rings. The smallest absolute Gasteiger partial charge is 0.435 e. The molecular weight excluding hydrogens is 421 g/mol. The van der Waals surface area contributed by atoms with Gasteiger partial charge in [-0.2, -0.15) is 18.3 Å². The number of esters is 1. The summed E-state index contributed by atoms with van der Waals surface area (Å²) in [7, 11) is 0. The molecule has 0 N–H and O–H groups in total. The minimum Gasteiger partial charge on any atom is -0.447 e. The molecule has 0 radical (unpaired) electrons. The highest BCUT2D eigenvalue weighted by molar-refractivity contribution is 5.89. The van der Waals surface area contributed by atoms with Crippen LogP contribution in [-0.2, 0) is 23.9 Å². The first kappa shape index (κ1) is 22.1. The Kier molecular flexibility index (Phi) is 5.59. The number of alkyl halides is 7. The third kappa shape index (κ3) is 4.29. The van der Waals surface area contributed by atoms with Crippen LogP contribution < -0.4 is 0 Å². The fourth-order valence-corrected chi connectivity index (χ4v) is 3.24. The van der Waals surface area contributed by atoms with E-state index < -0.39 is 72.9 Å². The number of benzene rings is 1. The summed E-state index contributed by atoms with van der Waals surface area (Å²) in [6.07, 6.45) is -10.1. The van der Waals surface area contributed by atoms with E-state index in [4.69, 9.17) is 4.74 Å². The van der Waals surface area contributed by atoms with Crippen molar-refractivity contribution in [2.24, 2.45) is 0 Å². The van der Waals surface area contributed by atoms with Gasteiger partial charge in [-0.3, -0.25) is 4.68 Å². The number of hydrogen-bond donors (Lipinski definition) is 0. The Morgan fingerprint density at radius 2 is 1.83 bits per heavy atom. The average molecular weight is 438 g/mol. The molecule has 1 aliphatic rings. The lowest BCUT2D eigenvalue weighted by atomic mass is 9.89. The highest BCUT2D eigenvalue weighted by atomic mass is 19.4. The Labute approximate surface area is 166 Å². The second kappa shape index (κ2) is 7.59. The number of ether oxygens (including phenoxy) is 1. The largest absolute Gasteiger partial charge is 0.447 e. The van der Waals surface area contributed by atoms with E-state index in [2.05, 4.69) is 5.10 Å². The van der Waals surface area contributed by atoms with Crippen LogP contribution in [0, 0.1) is 0 Å². The SMILES string of the molecule is CCC(F)(F)Cn1nc(C(F)(F)F)c2c1CCC(F)(F)[C@H]2OC(=O)c1ccccc1. The number of fused-ring (bicyclic) bond motifs is 1. The number of carbonyl (C=O) groups excluding carboxylic acids is 1. The molecule has 0 fully saturated rings. The topological polar surface area (TPSA) is 44.1 Å². The lowest BCUT2D eigenvalue weighted by molar-refractivity contribution is -0.151. The van der Waals surface area contributed by atoms with Crippen LogP contribution >= 0.6 is 0 Å². The predicted molar refractivity (Wildman–Crippen MR) is 90.3 cm³/mol. The van der Waals surface area contributed by atoms with E-state index in [1.807, 2.05) is 0 Å². The second-order valence-electron chi connectivity index (χ2n) is 6.99. The average Bonchev–Trinajstić information content (AvgIpc) is 3.02. The Morgan fingerprint density at radius 3 is 2.40 bits per heavy atom. The molecule has 1 aromatic carbocycles. The monoisotopic (exact) mass is 438 g/mol. The number of aromatic nitrogens is 2. The molecule has 1 atom stereocenters. The van der Waals surface area contributed by atoms with Gasteiger partial charge in [-0.25, -0.2) is 22.4 Å². The molecule has 0 unspecified atom stereocenters. The molecule has 0 aliphatic heterocycles. The quantitative estimate of drug-likeness (QED) is 0.462. The first-order valence-electron chi connectivity index (χ1n) is 9.04. The van der Waals surface area contributed by atoms with Crippen LogP contribution in [0.2, 0.25) is 0 Å². The summed E-state index contributed by atoms with van der Waals surface area (Å²) >= 11 is 0. The minimum atomic E-state index is -5.21. The molecular formula is C19H17F7N2O2. The zero-order chi connectivity index (χ0) is 22.3. The van der Waals surface area contributed by atoms with E-state index in [0.29, 0.717) is 4.68 Å². The number of rotatable bonds is 5. The van der Waals surface area contributed by atoms with Gasteiger partial charge >= 0.3 is 12.1 Å². The van der Waals surface area contributed by atoms with Gasteiger partial charge in [-0.15, -0.1) is 0 Å². The first-order chi connectivity index (χ1) is 13.9. The molecule has 1 aromatic heterocycles. The summed E-state index contributed by atoms with van der Waals surface area (Å²) < 4.78 is 103. The lowest BCUT2D eigenvalue weighted by Crippen LogP contribution is -2.37. The van der Waals surface area contributed by atoms with Gasteiger partial charge in [0.15, 0.2) is 11.8 Å². The van der Waals surface area contributed by atoms with Gasteiger partial charge in [0, 0.05) is 18.5 Å². The van der Waals surface area contributed by atoms with E-state index in [1.54, 1.807) is 6.07 Å². The maximum Gasteiger partial charge on any atom is 0.435 e. The molecule has 1 heterocycles. The summed E-state index contributed by atoms with van der Waals surface area (Å²) in [6.45, 7) is -0.0634. The third-order valence-corrected chi connectivity index (χ3v) is 4.84. The van der Waals surface area contributed by atoms with Gasteiger partial charge < -0.3 is 4.74 Å². The van der Waals surface area contributed by atoms with Crippen molar-refractivity contribution in [2.75, 3.05) is 0 Å². The summed E-state index contributed by atoms with van der Waals surface area (Å²) in [6, 6.07) is 6.89. The molecule has 0 spiro atoms. The van der Waals surface area contributed by atoms with Gasteiger partial charge in [0.1, 0.15) is 6.54 Å². The number of hydrogen-bond acceptors (Lipinski definition) is 3. The maximum absolute atomic E-state index is 14.6. The van der Waals surface area contributed by atoms with Gasteiger partial charge in [0.2, 0.25) is 0 Å². The van der Waals surface area contributed by atoms with Crippen molar-refractivity contribution >= 4 is 5.97 Å². The highest BCUT2D eigenvalue weighted by Crippen LogP contribution is 2.49. The van der Waals surface area contributed by atoms with E-state index in [-0.39, 0.29) is 5.56 Å². The van der Waals surface area contributed by atoms with Crippen LogP contribution in [0.5, 0.6) is 0 Å². The molecule has 0 amide bonds.